The number of hydrogen-bond donors (Lipinski definition) is 1. The minimum absolute atomic E-state index is 0.0777. The van der Waals surface area contributed by atoms with Crippen molar-refractivity contribution in [3.8, 4) is 0 Å². The van der Waals surface area contributed by atoms with Gasteiger partial charge in [-0.05, 0) is 33.1 Å². The molecule has 2 aliphatic rings. The molecule has 1 saturated heterocycles. The van der Waals surface area contributed by atoms with Crippen molar-refractivity contribution in [1.29, 1.82) is 0 Å². The molecule has 2 rings (SSSR count). The lowest BCUT2D eigenvalue weighted by atomic mass is 10.1. The number of nitrogens with zero attached hydrogens (tertiary/aromatic N) is 2. The Kier molecular flexibility index (Phi) is 2.36. The highest BCUT2D eigenvalue weighted by molar-refractivity contribution is 5.76. The molecule has 5 heteroatoms. The SMILES string of the molecule is CC(C)(C)OC(=O)N1CC2CC2(C=NO)C1. The Hall–Kier alpha value is -1.26. The molecule has 2 atom stereocenters. The first-order valence-electron chi connectivity index (χ1n) is 5.53. The van der Waals surface area contributed by atoms with E-state index in [4.69, 9.17) is 9.94 Å². The van der Waals surface area contributed by atoms with E-state index in [0.717, 1.165) is 6.42 Å². The van der Waals surface area contributed by atoms with Gasteiger partial charge in [0.2, 0.25) is 0 Å². The second kappa shape index (κ2) is 3.37. The van der Waals surface area contributed by atoms with Crippen LogP contribution in [0, 0.1) is 11.3 Å². The summed E-state index contributed by atoms with van der Waals surface area (Å²) in [5.74, 6) is 0.441. The molecule has 1 saturated carbocycles. The smallest absolute Gasteiger partial charge is 0.410 e. The van der Waals surface area contributed by atoms with Crippen LogP contribution >= 0.6 is 0 Å². The Morgan fingerprint density at radius 1 is 1.62 bits per heavy atom. The highest BCUT2D eigenvalue weighted by Gasteiger charge is 2.60. The predicted molar refractivity (Wildman–Crippen MR) is 58.6 cm³/mol. The van der Waals surface area contributed by atoms with Crippen LogP contribution in [0.25, 0.3) is 0 Å². The van der Waals surface area contributed by atoms with Crippen LogP contribution in [-0.2, 0) is 4.74 Å². The third-order valence-electron chi connectivity index (χ3n) is 3.17. The van der Waals surface area contributed by atoms with Gasteiger partial charge in [0.25, 0.3) is 0 Å². The Morgan fingerprint density at radius 2 is 2.31 bits per heavy atom. The van der Waals surface area contributed by atoms with Crippen molar-refractivity contribution >= 4 is 12.3 Å². The first-order chi connectivity index (χ1) is 7.36. The maximum atomic E-state index is 11.8. The molecule has 2 unspecified atom stereocenters. The monoisotopic (exact) mass is 226 g/mol. The zero-order valence-corrected chi connectivity index (χ0v) is 9.93. The van der Waals surface area contributed by atoms with Gasteiger partial charge in [-0.1, -0.05) is 0 Å². The Morgan fingerprint density at radius 3 is 2.88 bits per heavy atom. The van der Waals surface area contributed by atoms with Crippen molar-refractivity contribution in [2.75, 3.05) is 13.1 Å². The number of amides is 1. The minimum Gasteiger partial charge on any atom is -0.444 e. The van der Waals surface area contributed by atoms with E-state index in [0.29, 0.717) is 19.0 Å². The molecule has 0 aromatic rings. The average Bonchev–Trinajstić information content (AvgIpc) is 2.65. The van der Waals surface area contributed by atoms with Gasteiger partial charge in [0.15, 0.2) is 0 Å². The molecule has 2 fully saturated rings. The number of ether oxygens (including phenoxy) is 1. The summed E-state index contributed by atoms with van der Waals surface area (Å²) in [6.45, 7) is 6.88. The molecule has 1 aliphatic heterocycles. The van der Waals surface area contributed by atoms with Crippen LogP contribution in [0.3, 0.4) is 0 Å². The second-order valence-corrected chi connectivity index (χ2v) is 5.74. The van der Waals surface area contributed by atoms with Crippen molar-refractivity contribution in [2.45, 2.75) is 32.8 Å². The summed E-state index contributed by atoms with van der Waals surface area (Å²) in [6.07, 6.45) is 2.30. The van der Waals surface area contributed by atoms with E-state index in [2.05, 4.69) is 5.16 Å². The maximum Gasteiger partial charge on any atom is 0.410 e. The third-order valence-corrected chi connectivity index (χ3v) is 3.17. The molecule has 90 valence electrons. The Balaban J connectivity index is 1.93. The lowest BCUT2D eigenvalue weighted by Crippen LogP contribution is -2.37. The molecule has 1 heterocycles. The third kappa shape index (κ3) is 1.99. The predicted octanol–water partition coefficient (Wildman–Crippen LogP) is 1.70. The van der Waals surface area contributed by atoms with Gasteiger partial charge in [0.1, 0.15) is 5.60 Å². The van der Waals surface area contributed by atoms with Crippen LogP contribution in [0.15, 0.2) is 5.16 Å². The van der Waals surface area contributed by atoms with E-state index in [9.17, 15) is 4.79 Å². The molecular formula is C11H18N2O3. The van der Waals surface area contributed by atoms with Crippen LogP contribution < -0.4 is 0 Å². The van der Waals surface area contributed by atoms with E-state index in [1.165, 1.54) is 0 Å². The van der Waals surface area contributed by atoms with Crippen molar-refractivity contribution in [1.82, 2.24) is 4.90 Å². The van der Waals surface area contributed by atoms with Crippen molar-refractivity contribution in [2.24, 2.45) is 16.5 Å². The van der Waals surface area contributed by atoms with Gasteiger partial charge < -0.3 is 14.8 Å². The fourth-order valence-electron chi connectivity index (χ4n) is 2.31. The number of fused-ring (bicyclic) bond motifs is 1. The van der Waals surface area contributed by atoms with Gasteiger partial charge in [-0.2, -0.15) is 0 Å². The van der Waals surface area contributed by atoms with Crippen molar-refractivity contribution in [3.63, 3.8) is 0 Å². The van der Waals surface area contributed by atoms with E-state index in [1.807, 2.05) is 20.8 Å². The first kappa shape index (κ1) is 11.2. The highest BCUT2D eigenvalue weighted by atomic mass is 16.6. The van der Waals surface area contributed by atoms with Gasteiger partial charge in [0.05, 0.1) is 6.21 Å². The molecule has 16 heavy (non-hydrogen) atoms. The Bertz CT molecular complexity index is 335. The lowest BCUT2D eigenvalue weighted by molar-refractivity contribution is 0.0269. The number of piperidine rings is 1. The second-order valence-electron chi connectivity index (χ2n) is 5.74. The van der Waals surface area contributed by atoms with Crippen LogP contribution in [0.5, 0.6) is 0 Å². The summed E-state index contributed by atoms with van der Waals surface area (Å²) in [5, 5.41) is 11.7. The molecule has 5 nitrogen and oxygen atoms in total. The van der Waals surface area contributed by atoms with E-state index in [-0.39, 0.29) is 11.5 Å². The highest BCUT2D eigenvalue weighted by Crippen LogP contribution is 2.56. The van der Waals surface area contributed by atoms with E-state index < -0.39 is 5.60 Å². The molecule has 0 aromatic carbocycles. The van der Waals surface area contributed by atoms with Gasteiger partial charge >= 0.3 is 6.09 Å². The number of carbonyl (C=O) groups excluding carboxylic acids is 1. The van der Waals surface area contributed by atoms with Crippen molar-refractivity contribution < 1.29 is 14.7 Å². The van der Waals surface area contributed by atoms with Crippen LogP contribution in [0.2, 0.25) is 0 Å². The summed E-state index contributed by atoms with van der Waals surface area (Å²) in [5.41, 5.74) is -0.534. The zero-order valence-electron chi connectivity index (χ0n) is 9.93. The van der Waals surface area contributed by atoms with Crippen molar-refractivity contribution in [3.05, 3.63) is 0 Å². The normalized spacial score (nSPS) is 32.9. The van der Waals surface area contributed by atoms with Gasteiger partial charge in [0, 0.05) is 18.5 Å². The average molecular weight is 226 g/mol. The zero-order chi connectivity index (χ0) is 12.0. The maximum absolute atomic E-state index is 11.8. The van der Waals surface area contributed by atoms with Crippen LogP contribution in [-0.4, -0.2) is 41.1 Å². The number of oxime groups is 1. The quantitative estimate of drug-likeness (QED) is 0.420. The summed E-state index contributed by atoms with van der Waals surface area (Å²) in [6, 6.07) is 0. The topological polar surface area (TPSA) is 62.1 Å². The number of rotatable bonds is 1. The van der Waals surface area contributed by atoms with Crippen LogP contribution in [0.1, 0.15) is 27.2 Å². The molecule has 1 amide bonds. The summed E-state index contributed by atoms with van der Waals surface area (Å²) in [7, 11) is 0. The Labute approximate surface area is 95.1 Å². The van der Waals surface area contributed by atoms with Gasteiger partial charge in [-0.25, -0.2) is 4.79 Å². The number of hydrogen-bond acceptors (Lipinski definition) is 4. The molecule has 1 N–H and O–H groups in total. The van der Waals surface area contributed by atoms with E-state index in [1.54, 1.807) is 11.1 Å². The molecule has 0 radical (unpaired) electrons. The summed E-state index contributed by atoms with van der Waals surface area (Å²) < 4.78 is 5.29. The number of carbonyl (C=O) groups is 1. The fraction of sp³-hybridized carbons (Fsp3) is 0.818. The lowest BCUT2D eigenvalue weighted by Gasteiger charge is -2.25. The molecule has 1 aliphatic carbocycles. The van der Waals surface area contributed by atoms with E-state index >= 15 is 0 Å². The molecular weight excluding hydrogens is 208 g/mol. The van der Waals surface area contributed by atoms with Gasteiger partial charge in [-0.15, -0.1) is 5.16 Å². The standard InChI is InChI=1S/C11H18N2O3/c1-10(2,3)16-9(14)13-5-8-4-11(8,7-13)6-12-15/h6,8,15H,4-5,7H2,1-3H3. The molecule has 0 spiro atoms. The summed E-state index contributed by atoms with van der Waals surface area (Å²) in [4.78, 5) is 13.5. The molecule has 0 bridgehead atoms. The minimum atomic E-state index is -0.456. The number of likely N-dealkylation sites (tertiary alicyclic amines) is 1. The summed E-state index contributed by atoms with van der Waals surface area (Å²) >= 11 is 0. The molecule has 0 aromatic heterocycles. The van der Waals surface area contributed by atoms with Crippen LogP contribution in [0.4, 0.5) is 4.79 Å². The first-order valence-corrected chi connectivity index (χ1v) is 5.53. The van der Waals surface area contributed by atoms with Gasteiger partial charge in [-0.3, -0.25) is 0 Å². The largest absolute Gasteiger partial charge is 0.444 e. The fourth-order valence-corrected chi connectivity index (χ4v) is 2.31.